The second kappa shape index (κ2) is 8.58. The van der Waals surface area contributed by atoms with E-state index in [-0.39, 0.29) is 4.90 Å². The summed E-state index contributed by atoms with van der Waals surface area (Å²) in [6.45, 7) is 5.93. The highest BCUT2D eigenvalue weighted by Gasteiger charge is 2.16. The summed E-state index contributed by atoms with van der Waals surface area (Å²) in [5.74, 6) is -0.677. The molecule has 0 aromatic heterocycles. The Balaban J connectivity index is 1.60. The molecule has 1 aliphatic rings. The molecule has 0 bridgehead atoms. The fourth-order valence-electron chi connectivity index (χ4n) is 2.98. The lowest BCUT2D eigenvalue weighted by Crippen LogP contribution is -2.44. The monoisotopic (exact) mass is 399 g/mol. The summed E-state index contributed by atoms with van der Waals surface area (Å²) in [6.07, 6.45) is 2.84. The Hall–Kier alpha value is -2.64. The lowest BCUT2D eigenvalue weighted by molar-refractivity contribution is -0.114. The number of rotatable bonds is 5. The van der Waals surface area contributed by atoms with Gasteiger partial charge in [-0.1, -0.05) is 29.8 Å². The van der Waals surface area contributed by atoms with Crippen LogP contribution in [0.4, 0.5) is 5.69 Å². The van der Waals surface area contributed by atoms with Crippen molar-refractivity contribution < 1.29 is 13.2 Å². The zero-order valence-electron chi connectivity index (χ0n) is 16.1. The lowest BCUT2D eigenvalue weighted by atomic mass is 10.1. The Bertz CT molecular complexity index is 943. The highest BCUT2D eigenvalue weighted by atomic mass is 32.2. The third-order valence-corrected chi connectivity index (χ3v) is 6.12. The molecule has 0 saturated carbocycles. The molecule has 0 aliphatic carbocycles. The van der Waals surface area contributed by atoms with Crippen molar-refractivity contribution in [3.8, 4) is 0 Å². The Kier molecular flexibility index (Phi) is 6.16. The number of nitrogens with zero attached hydrogens (tertiary/aromatic N) is 2. The summed E-state index contributed by atoms with van der Waals surface area (Å²) < 4.78 is 26.5. The zero-order chi connectivity index (χ0) is 20.1. The van der Waals surface area contributed by atoms with Crippen LogP contribution in [0.3, 0.4) is 0 Å². The molecule has 2 aromatic carbocycles. The maximum absolute atomic E-state index is 12.2. The summed E-state index contributed by atoms with van der Waals surface area (Å²) in [4.78, 5) is 16.7. The van der Waals surface area contributed by atoms with Gasteiger partial charge in [0, 0.05) is 37.9 Å². The fraction of sp³-hybridized carbons (Fsp3) is 0.286. The van der Waals surface area contributed by atoms with Gasteiger partial charge in [-0.15, -0.1) is 0 Å². The number of piperazine rings is 1. The van der Waals surface area contributed by atoms with Crippen LogP contribution in [0.25, 0.3) is 6.08 Å². The Labute approximate surface area is 166 Å². The molecule has 0 radical (unpaired) electrons. The van der Waals surface area contributed by atoms with Crippen molar-refractivity contribution in [3.05, 3.63) is 65.7 Å². The highest BCUT2D eigenvalue weighted by molar-refractivity contribution is 7.90. The molecule has 3 rings (SSSR count). The van der Waals surface area contributed by atoms with Crippen molar-refractivity contribution in [2.75, 3.05) is 38.1 Å². The van der Waals surface area contributed by atoms with Gasteiger partial charge in [-0.3, -0.25) is 4.79 Å². The van der Waals surface area contributed by atoms with E-state index in [9.17, 15) is 13.2 Å². The molecule has 0 atom stereocenters. The molecule has 148 valence electrons. The zero-order valence-corrected chi connectivity index (χ0v) is 16.9. The molecule has 1 N–H and O–H groups in total. The number of hydrogen-bond acceptors (Lipinski definition) is 5. The van der Waals surface area contributed by atoms with E-state index in [1.165, 1.54) is 18.2 Å². The van der Waals surface area contributed by atoms with E-state index in [1.54, 1.807) is 18.2 Å². The van der Waals surface area contributed by atoms with Crippen LogP contribution in [0.15, 0.2) is 59.5 Å². The van der Waals surface area contributed by atoms with Crippen molar-refractivity contribution in [1.82, 2.24) is 9.62 Å². The van der Waals surface area contributed by atoms with Crippen LogP contribution >= 0.6 is 0 Å². The molecule has 1 heterocycles. The first-order valence-corrected chi connectivity index (χ1v) is 10.7. The molecule has 1 amide bonds. The number of anilines is 1. The molecule has 28 heavy (non-hydrogen) atoms. The van der Waals surface area contributed by atoms with Crippen LogP contribution < -0.4 is 9.62 Å². The minimum atomic E-state index is -3.87. The largest absolute Gasteiger partial charge is 0.369 e. The molecule has 0 unspecified atom stereocenters. The van der Waals surface area contributed by atoms with Crippen LogP contribution in [0.5, 0.6) is 0 Å². The molecule has 1 aliphatic heterocycles. The molecule has 7 heteroatoms. The molecule has 0 spiro atoms. The van der Waals surface area contributed by atoms with Gasteiger partial charge in [-0.25, -0.2) is 13.1 Å². The summed E-state index contributed by atoms with van der Waals surface area (Å²) in [5, 5.41) is 0. The average Bonchev–Trinajstić information content (AvgIpc) is 2.67. The number of aryl methyl sites for hydroxylation is 1. The first-order chi connectivity index (χ1) is 13.3. The first kappa shape index (κ1) is 20.1. The van der Waals surface area contributed by atoms with Gasteiger partial charge < -0.3 is 9.80 Å². The lowest BCUT2D eigenvalue weighted by Gasteiger charge is -2.34. The summed E-state index contributed by atoms with van der Waals surface area (Å²) in [6, 6.07) is 14.2. The van der Waals surface area contributed by atoms with Gasteiger partial charge in [-0.2, -0.15) is 0 Å². The predicted molar refractivity (Wildman–Crippen MR) is 112 cm³/mol. The van der Waals surface area contributed by atoms with Crippen molar-refractivity contribution >= 4 is 27.7 Å². The second-order valence-electron chi connectivity index (χ2n) is 7.00. The van der Waals surface area contributed by atoms with E-state index in [1.807, 2.05) is 31.2 Å². The number of carbonyl (C=O) groups excluding carboxylic acids is 1. The summed E-state index contributed by atoms with van der Waals surface area (Å²) >= 11 is 0. The summed E-state index contributed by atoms with van der Waals surface area (Å²) in [5.41, 5.74) is 2.93. The predicted octanol–water partition coefficient (Wildman–Crippen LogP) is 2.27. The van der Waals surface area contributed by atoms with Gasteiger partial charge in [0.2, 0.25) is 0 Å². The van der Waals surface area contributed by atoms with Gasteiger partial charge in [0.1, 0.15) is 0 Å². The number of hydrogen-bond donors (Lipinski definition) is 1. The smallest absolute Gasteiger partial charge is 0.264 e. The van der Waals surface area contributed by atoms with Gasteiger partial charge in [0.15, 0.2) is 0 Å². The number of amides is 1. The van der Waals surface area contributed by atoms with Gasteiger partial charge in [0.25, 0.3) is 15.9 Å². The van der Waals surface area contributed by atoms with Gasteiger partial charge in [0.05, 0.1) is 4.90 Å². The van der Waals surface area contributed by atoms with Crippen molar-refractivity contribution in [1.29, 1.82) is 0 Å². The normalized spacial score (nSPS) is 15.7. The number of nitrogens with one attached hydrogen (secondary N) is 1. The molecular weight excluding hydrogens is 374 g/mol. The molecule has 6 nitrogen and oxygen atoms in total. The van der Waals surface area contributed by atoms with E-state index >= 15 is 0 Å². The van der Waals surface area contributed by atoms with Gasteiger partial charge in [-0.05, 0) is 49.9 Å². The topological polar surface area (TPSA) is 69.7 Å². The Morgan fingerprint density at radius 2 is 1.57 bits per heavy atom. The number of carbonyl (C=O) groups is 1. The third-order valence-electron chi connectivity index (χ3n) is 4.75. The van der Waals surface area contributed by atoms with E-state index in [0.29, 0.717) is 0 Å². The minimum absolute atomic E-state index is 0.0661. The van der Waals surface area contributed by atoms with Crippen molar-refractivity contribution in [2.45, 2.75) is 11.8 Å². The quantitative estimate of drug-likeness (QED) is 0.781. The molecule has 1 saturated heterocycles. The number of likely N-dealkylation sites (N-methyl/N-ethyl adjacent to an activating group) is 1. The first-order valence-electron chi connectivity index (χ1n) is 9.18. The molecule has 2 aromatic rings. The third kappa shape index (κ3) is 5.21. The molecular formula is C21H25N3O3S. The van der Waals surface area contributed by atoms with E-state index in [2.05, 4.69) is 21.6 Å². The fourth-order valence-corrected chi connectivity index (χ4v) is 3.92. The Morgan fingerprint density at radius 1 is 0.964 bits per heavy atom. The van der Waals surface area contributed by atoms with E-state index in [0.717, 1.165) is 43.0 Å². The summed E-state index contributed by atoms with van der Waals surface area (Å²) in [7, 11) is -1.75. The number of sulfonamides is 1. The SMILES string of the molecule is Cc1ccc(S(=O)(=O)NC(=O)/C=C/c2ccc(N3CCN(C)CC3)cc2)cc1. The van der Waals surface area contributed by atoms with E-state index in [4.69, 9.17) is 0 Å². The van der Waals surface area contributed by atoms with Crippen LogP contribution in [-0.4, -0.2) is 52.5 Å². The van der Waals surface area contributed by atoms with Crippen LogP contribution in [0.2, 0.25) is 0 Å². The van der Waals surface area contributed by atoms with Crippen LogP contribution in [0, 0.1) is 6.92 Å². The molecule has 1 fully saturated rings. The maximum Gasteiger partial charge on any atom is 0.264 e. The number of benzene rings is 2. The van der Waals surface area contributed by atoms with Crippen molar-refractivity contribution in [3.63, 3.8) is 0 Å². The minimum Gasteiger partial charge on any atom is -0.369 e. The second-order valence-corrected chi connectivity index (χ2v) is 8.68. The average molecular weight is 400 g/mol. The van der Waals surface area contributed by atoms with Crippen LogP contribution in [-0.2, 0) is 14.8 Å². The van der Waals surface area contributed by atoms with Crippen LogP contribution in [0.1, 0.15) is 11.1 Å². The highest BCUT2D eigenvalue weighted by Crippen LogP contribution is 2.17. The van der Waals surface area contributed by atoms with Gasteiger partial charge >= 0.3 is 0 Å². The van der Waals surface area contributed by atoms with Crippen molar-refractivity contribution in [2.24, 2.45) is 0 Å². The maximum atomic E-state index is 12.2. The Morgan fingerprint density at radius 3 is 2.18 bits per heavy atom. The van der Waals surface area contributed by atoms with E-state index < -0.39 is 15.9 Å². The standard InChI is InChI=1S/C21H25N3O3S/c1-17-3-10-20(11-4-17)28(26,27)22-21(25)12-7-18-5-8-19(9-6-18)24-15-13-23(2)14-16-24/h3-12H,13-16H2,1-2H3,(H,22,25)/b12-7+.